The average Bonchev–Trinajstić information content (AvgIpc) is 3.29. The minimum Gasteiger partial charge on any atom is -0.352 e. The molecular formula is C21H21F6N5O. The summed E-state index contributed by atoms with van der Waals surface area (Å²) >= 11 is 0. The fourth-order valence-corrected chi connectivity index (χ4v) is 3.38. The Bertz CT molecular complexity index is 1140. The quantitative estimate of drug-likeness (QED) is 0.524. The van der Waals surface area contributed by atoms with E-state index in [0.29, 0.717) is 23.5 Å². The lowest BCUT2D eigenvalue weighted by Gasteiger charge is -2.16. The fourth-order valence-electron chi connectivity index (χ4n) is 3.38. The van der Waals surface area contributed by atoms with Crippen LogP contribution in [0.1, 0.15) is 39.9 Å². The summed E-state index contributed by atoms with van der Waals surface area (Å²) in [6.07, 6.45) is -9.08. The van der Waals surface area contributed by atoms with Gasteiger partial charge in [-0.1, -0.05) is 13.0 Å². The summed E-state index contributed by atoms with van der Waals surface area (Å²) in [5.74, 6) is -1.18. The topological polar surface area (TPSA) is 64.7 Å². The highest BCUT2D eigenvalue weighted by molar-refractivity contribution is 5.95. The Morgan fingerprint density at radius 3 is 2.36 bits per heavy atom. The van der Waals surface area contributed by atoms with E-state index in [-0.39, 0.29) is 12.5 Å². The van der Waals surface area contributed by atoms with Gasteiger partial charge in [0, 0.05) is 18.8 Å². The number of aryl methyl sites for hydroxylation is 2. The summed E-state index contributed by atoms with van der Waals surface area (Å²) in [5.41, 5.74) is -2.10. The highest BCUT2D eigenvalue weighted by Gasteiger charge is 2.41. The number of halogens is 6. The predicted molar refractivity (Wildman–Crippen MR) is 107 cm³/mol. The van der Waals surface area contributed by atoms with Gasteiger partial charge >= 0.3 is 12.4 Å². The summed E-state index contributed by atoms with van der Waals surface area (Å²) < 4.78 is 82.3. The number of hydrogen-bond acceptors (Lipinski definition) is 3. The van der Waals surface area contributed by atoms with Gasteiger partial charge in [0.05, 0.1) is 28.7 Å². The van der Waals surface area contributed by atoms with Crippen molar-refractivity contribution in [3.63, 3.8) is 0 Å². The molecule has 0 aliphatic carbocycles. The largest absolute Gasteiger partial charge is 0.434 e. The summed E-state index contributed by atoms with van der Waals surface area (Å²) in [5, 5.41) is 10.3. The molecule has 3 rings (SSSR count). The second-order valence-corrected chi connectivity index (χ2v) is 7.79. The van der Waals surface area contributed by atoms with Gasteiger partial charge in [0.2, 0.25) is 0 Å². The number of aromatic nitrogens is 4. The normalized spacial score (nSPS) is 13.2. The lowest BCUT2D eigenvalue weighted by Crippen LogP contribution is -2.31. The molecular weight excluding hydrogens is 452 g/mol. The van der Waals surface area contributed by atoms with Crippen molar-refractivity contribution >= 4 is 5.91 Å². The number of amides is 1. The zero-order valence-electron chi connectivity index (χ0n) is 17.9. The van der Waals surface area contributed by atoms with E-state index in [4.69, 9.17) is 0 Å². The number of hydrogen-bond donors (Lipinski definition) is 1. The highest BCUT2D eigenvalue weighted by atomic mass is 19.4. The molecule has 0 bridgehead atoms. The Kier molecular flexibility index (Phi) is 6.57. The predicted octanol–water partition coefficient (Wildman–Crippen LogP) is 4.79. The van der Waals surface area contributed by atoms with Crippen LogP contribution in [0.15, 0.2) is 36.5 Å². The Balaban J connectivity index is 1.83. The van der Waals surface area contributed by atoms with Crippen molar-refractivity contribution in [3.8, 4) is 5.69 Å². The summed E-state index contributed by atoms with van der Waals surface area (Å²) in [6.45, 7) is 5.99. The van der Waals surface area contributed by atoms with E-state index in [2.05, 4.69) is 15.5 Å². The summed E-state index contributed by atoms with van der Waals surface area (Å²) in [6, 6.07) is 5.18. The molecule has 2 heterocycles. The van der Waals surface area contributed by atoms with E-state index in [1.165, 1.54) is 0 Å². The minimum absolute atomic E-state index is 0.0587. The molecule has 1 atom stereocenters. The molecule has 0 saturated heterocycles. The zero-order valence-corrected chi connectivity index (χ0v) is 17.9. The molecule has 3 aromatic rings. The van der Waals surface area contributed by atoms with Crippen LogP contribution >= 0.6 is 0 Å². The number of carbonyl (C=O) groups excluding carboxylic acids is 1. The maximum Gasteiger partial charge on any atom is 0.434 e. The van der Waals surface area contributed by atoms with Crippen molar-refractivity contribution in [3.05, 3.63) is 64.7 Å². The molecule has 1 aromatic carbocycles. The van der Waals surface area contributed by atoms with Gasteiger partial charge in [-0.2, -0.15) is 36.5 Å². The Morgan fingerprint density at radius 2 is 1.79 bits per heavy atom. The first-order valence-corrected chi connectivity index (χ1v) is 9.89. The van der Waals surface area contributed by atoms with Gasteiger partial charge < -0.3 is 5.32 Å². The molecule has 1 N–H and O–H groups in total. The van der Waals surface area contributed by atoms with E-state index in [9.17, 15) is 31.1 Å². The second-order valence-electron chi connectivity index (χ2n) is 7.79. The smallest absolute Gasteiger partial charge is 0.352 e. The van der Waals surface area contributed by atoms with Gasteiger partial charge in [0.15, 0.2) is 5.69 Å². The molecule has 12 heteroatoms. The van der Waals surface area contributed by atoms with E-state index in [0.717, 1.165) is 29.6 Å². The third-order valence-corrected chi connectivity index (χ3v) is 4.90. The molecule has 33 heavy (non-hydrogen) atoms. The third-order valence-electron chi connectivity index (χ3n) is 4.90. The van der Waals surface area contributed by atoms with Crippen LogP contribution in [0.3, 0.4) is 0 Å². The molecule has 6 nitrogen and oxygen atoms in total. The van der Waals surface area contributed by atoms with E-state index >= 15 is 0 Å². The van der Waals surface area contributed by atoms with Gasteiger partial charge in [-0.15, -0.1) is 0 Å². The van der Waals surface area contributed by atoms with Crippen LogP contribution in [0.2, 0.25) is 0 Å². The van der Waals surface area contributed by atoms with Crippen molar-refractivity contribution in [2.75, 3.05) is 6.54 Å². The lowest BCUT2D eigenvalue weighted by molar-refractivity contribution is -0.143. The van der Waals surface area contributed by atoms with Gasteiger partial charge in [-0.3, -0.25) is 9.48 Å². The van der Waals surface area contributed by atoms with Crippen molar-refractivity contribution < 1.29 is 31.1 Å². The standard InChI is InChI=1S/C21H21F6N5O/c1-12(11-31-14(3)7-13(2)30-31)9-28-19(33)17-10-29-32(18(17)21(25,26)27)16-6-4-5-15(8-16)20(22,23)24/h4-8,10,12H,9,11H2,1-3H3,(H,28,33). The molecule has 0 aliphatic rings. The molecule has 0 spiro atoms. The molecule has 1 unspecified atom stereocenters. The number of alkyl halides is 6. The van der Waals surface area contributed by atoms with E-state index in [1.54, 1.807) is 11.6 Å². The Morgan fingerprint density at radius 1 is 1.09 bits per heavy atom. The first kappa shape index (κ1) is 24.3. The van der Waals surface area contributed by atoms with Crippen LogP contribution < -0.4 is 5.32 Å². The van der Waals surface area contributed by atoms with Gasteiger partial charge in [-0.25, -0.2) is 4.68 Å². The zero-order chi connectivity index (χ0) is 24.6. The van der Waals surface area contributed by atoms with Crippen molar-refractivity contribution in [1.82, 2.24) is 24.9 Å². The minimum atomic E-state index is -5.03. The van der Waals surface area contributed by atoms with Crippen LogP contribution in [-0.4, -0.2) is 32.0 Å². The molecule has 0 radical (unpaired) electrons. The molecule has 178 valence electrons. The molecule has 0 fully saturated rings. The highest BCUT2D eigenvalue weighted by Crippen LogP contribution is 2.35. The van der Waals surface area contributed by atoms with Crippen LogP contribution in [-0.2, 0) is 18.9 Å². The summed E-state index contributed by atoms with van der Waals surface area (Å²) in [4.78, 5) is 12.5. The monoisotopic (exact) mass is 473 g/mol. The lowest BCUT2D eigenvalue weighted by atomic mass is 10.1. The number of carbonyl (C=O) groups is 1. The van der Waals surface area contributed by atoms with Crippen molar-refractivity contribution in [2.45, 2.75) is 39.7 Å². The first-order chi connectivity index (χ1) is 15.3. The van der Waals surface area contributed by atoms with E-state index in [1.807, 2.05) is 19.9 Å². The SMILES string of the molecule is Cc1cc(C)n(CC(C)CNC(=O)c2cnn(-c3cccc(C(F)(F)F)c3)c2C(F)(F)F)n1. The molecule has 0 aliphatic heterocycles. The van der Waals surface area contributed by atoms with Crippen molar-refractivity contribution in [2.24, 2.45) is 5.92 Å². The average molecular weight is 473 g/mol. The molecule has 2 aromatic heterocycles. The number of nitrogens with one attached hydrogen (secondary N) is 1. The van der Waals surface area contributed by atoms with Crippen LogP contribution in [0.4, 0.5) is 26.3 Å². The Hall–Kier alpha value is -3.31. The molecule has 0 saturated carbocycles. The second kappa shape index (κ2) is 8.91. The summed E-state index contributed by atoms with van der Waals surface area (Å²) in [7, 11) is 0. The van der Waals surface area contributed by atoms with E-state index < -0.39 is 40.8 Å². The van der Waals surface area contributed by atoms with Crippen LogP contribution in [0.25, 0.3) is 5.69 Å². The van der Waals surface area contributed by atoms with Gasteiger partial charge in [0.1, 0.15) is 0 Å². The number of rotatable bonds is 6. The van der Waals surface area contributed by atoms with Gasteiger partial charge in [0.25, 0.3) is 5.91 Å². The Labute approximate surface area is 185 Å². The first-order valence-electron chi connectivity index (χ1n) is 9.89. The third kappa shape index (κ3) is 5.55. The van der Waals surface area contributed by atoms with Crippen LogP contribution in [0.5, 0.6) is 0 Å². The number of benzene rings is 1. The van der Waals surface area contributed by atoms with Crippen LogP contribution in [0, 0.1) is 19.8 Å². The fraction of sp³-hybridized carbons (Fsp3) is 0.381. The maximum atomic E-state index is 13.8. The maximum absolute atomic E-state index is 13.8. The number of nitrogens with zero attached hydrogens (tertiary/aromatic N) is 4. The molecule has 1 amide bonds. The van der Waals surface area contributed by atoms with Gasteiger partial charge in [-0.05, 0) is 44.0 Å². The van der Waals surface area contributed by atoms with Crippen molar-refractivity contribution in [1.29, 1.82) is 0 Å².